The summed E-state index contributed by atoms with van der Waals surface area (Å²) in [5, 5.41) is 3.68. The predicted octanol–water partition coefficient (Wildman–Crippen LogP) is 4.59. The van der Waals surface area contributed by atoms with Gasteiger partial charge >= 0.3 is 0 Å². The molecule has 33 heavy (non-hydrogen) atoms. The first-order chi connectivity index (χ1) is 15.8. The number of H-pyrrole nitrogens is 1. The van der Waals surface area contributed by atoms with Gasteiger partial charge in [-0.2, -0.15) is 11.8 Å². The summed E-state index contributed by atoms with van der Waals surface area (Å²) in [5.74, 6) is 2.75. The molecule has 3 aromatic rings. The third kappa shape index (κ3) is 5.98. The minimum Gasteiger partial charge on any atom is -0.492 e. The lowest BCUT2D eigenvalue weighted by molar-refractivity contribution is -0.120. The molecule has 0 spiro atoms. The van der Waals surface area contributed by atoms with Crippen molar-refractivity contribution in [3.8, 4) is 5.75 Å². The van der Waals surface area contributed by atoms with Crippen molar-refractivity contribution < 1.29 is 9.53 Å². The van der Waals surface area contributed by atoms with Crippen molar-refractivity contribution in [2.45, 2.75) is 57.6 Å². The largest absolute Gasteiger partial charge is 0.492 e. The van der Waals surface area contributed by atoms with Crippen LogP contribution in [-0.2, 0) is 28.8 Å². The summed E-state index contributed by atoms with van der Waals surface area (Å²) in [6.07, 6.45) is 3.60. The molecule has 0 aliphatic heterocycles. The van der Waals surface area contributed by atoms with Gasteiger partial charge in [0.1, 0.15) is 23.0 Å². The smallest absolute Gasteiger partial charge is 0.259 e. The molecule has 6 nitrogen and oxygen atoms in total. The summed E-state index contributed by atoms with van der Waals surface area (Å²) in [5.41, 5.74) is 2.55. The number of aromatic nitrogens is 2. The Morgan fingerprint density at radius 1 is 1.24 bits per heavy atom. The van der Waals surface area contributed by atoms with E-state index in [2.05, 4.69) is 48.2 Å². The zero-order valence-corrected chi connectivity index (χ0v) is 21.1. The van der Waals surface area contributed by atoms with Gasteiger partial charge < -0.3 is 15.0 Å². The van der Waals surface area contributed by atoms with Crippen LogP contribution in [0.5, 0.6) is 5.75 Å². The number of rotatable bonds is 9. The average molecular weight is 486 g/mol. The summed E-state index contributed by atoms with van der Waals surface area (Å²) in [4.78, 5) is 34.3. The highest BCUT2D eigenvalue weighted by Crippen LogP contribution is 2.34. The lowest BCUT2D eigenvalue weighted by Gasteiger charge is -2.19. The summed E-state index contributed by atoms with van der Waals surface area (Å²) in [6, 6.07) is 8.10. The number of nitrogens with one attached hydrogen (secondary N) is 2. The first-order valence-corrected chi connectivity index (χ1v) is 13.4. The Hall–Kier alpha value is -2.32. The zero-order chi connectivity index (χ0) is 23.4. The van der Waals surface area contributed by atoms with Crippen molar-refractivity contribution in [3.63, 3.8) is 0 Å². The maximum Gasteiger partial charge on any atom is 0.259 e. The Morgan fingerprint density at radius 3 is 2.79 bits per heavy atom. The molecular formula is C25H31N3O3S2. The van der Waals surface area contributed by atoms with E-state index in [1.807, 2.05) is 12.1 Å². The van der Waals surface area contributed by atoms with Crippen LogP contribution in [0, 0.1) is 0 Å². The van der Waals surface area contributed by atoms with Gasteiger partial charge in [0, 0.05) is 17.1 Å². The van der Waals surface area contributed by atoms with Crippen LogP contribution in [0.1, 0.15) is 55.4 Å². The first-order valence-electron chi connectivity index (χ1n) is 11.4. The normalized spacial score (nSPS) is 13.3. The fraction of sp³-hybridized carbons (Fsp3) is 0.480. The van der Waals surface area contributed by atoms with Crippen LogP contribution in [0.2, 0.25) is 0 Å². The monoisotopic (exact) mass is 485 g/mol. The molecule has 0 saturated carbocycles. The highest BCUT2D eigenvalue weighted by molar-refractivity contribution is 7.98. The highest BCUT2D eigenvalue weighted by Gasteiger charge is 2.21. The highest BCUT2D eigenvalue weighted by atomic mass is 32.2. The van der Waals surface area contributed by atoms with E-state index in [9.17, 15) is 9.59 Å². The van der Waals surface area contributed by atoms with E-state index in [1.165, 1.54) is 16.0 Å². The molecule has 0 unspecified atom stereocenters. The molecule has 0 fully saturated rings. The van der Waals surface area contributed by atoms with Crippen LogP contribution in [0.25, 0.3) is 10.2 Å². The number of aryl methyl sites for hydroxylation is 2. The molecular weight excluding hydrogens is 454 g/mol. The molecule has 2 heterocycles. The number of amides is 1. The van der Waals surface area contributed by atoms with Gasteiger partial charge in [0.05, 0.1) is 17.7 Å². The second-order valence-electron chi connectivity index (χ2n) is 9.33. The number of thioether (sulfide) groups is 1. The van der Waals surface area contributed by atoms with Crippen LogP contribution in [0.4, 0.5) is 0 Å². The summed E-state index contributed by atoms with van der Waals surface area (Å²) in [6.45, 7) is 7.45. The number of aromatic amines is 1. The number of benzene rings is 1. The maximum absolute atomic E-state index is 12.5. The Balaban J connectivity index is 1.14. The van der Waals surface area contributed by atoms with Crippen LogP contribution in [0.3, 0.4) is 0 Å². The quantitative estimate of drug-likeness (QED) is 0.433. The third-order valence-electron chi connectivity index (χ3n) is 5.75. The number of hydrogen-bond acceptors (Lipinski definition) is 6. The van der Waals surface area contributed by atoms with Gasteiger partial charge in [0.25, 0.3) is 5.56 Å². The van der Waals surface area contributed by atoms with Crippen LogP contribution in [-0.4, -0.2) is 34.8 Å². The fourth-order valence-electron chi connectivity index (χ4n) is 3.95. The molecule has 0 saturated heterocycles. The molecule has 4 rings (SSSR count). The molecule has 1 aliphatic rings. The molecule has 2 N–H and O–H groups in total. The summed E-state index contributed by atoms with van der Waals surface area (Å²) in [7, 11) is 0. The molecule has 0 radical (unpaired) electrons. The maximum atomic E-state index is 12.5. The topological polar surface area (TPSA) is 84.1 Å². The van der Waals surface area contributed by atoms with E-state index in [4.69, 9.17) is 4.74 Å². The van der Waals surface area contributed by atoms with E-state index in [-0.39, 0.29) is 16.9 Å². The molecule has 176 valence electrons. The van der Waals surface area contributed by atoms with Gasteiger partial charge in [-0.05, 0) is 47.9 Å². The van der Waals surface area contributed by atoms with Crippen LogP contribution in [0.15, 0.2) is 29.1 Å². The van der Waals surface area contributed by atoms with Crippen molar-refractivity contribution in [3.05, 3.63) is 56.4 Å². The number of carbonyl (C=O) groups is 1. The molecule has 2 aromatic heterocycles. The van der Waals surface area contributed by atoms with Crippen molar-refractivity contribution in [1.82, 2.24) is 15.3 Å². The minimum atomic E-state index is -0.0270. The van der Waals surface area contributed by atoms with Crippen molar-refractivity contribution >= 4 is 39.2 Å². The van der Waals surface area contributed by atoms with E-state index >= 15 is 0 Å². The second-order valence-corrected chi connectivity index (χ2v) is 11.5. The molecule has 1 aromatic carbocycles. The predicted molar refractivity (Wildman–Crippen MR) is 137 cm³/mol. The van der Waals surface area contributed by atoms with Gasteiger partial charge in [0.2, 0.25) is 5.91 Å². The van der Waals surface area contributed by atoms with Gasteiger partial charge in [-0.15, -0.1) is 11.3 Å². The zero-order valence-electron chi connectivity index (χ0n) is 19.5. The summed E-state index contributed by atoms with van der Waals surface area (Å²) >= 11 is 3.26. The van der Waals surface area contributed by atoms with Crippen LogP contribution < -0.4 is 15.6 Å². The van der Waals surface area contributed by atoms with E-state index in [0.29, 0.717) is 36.9 Å². The number of ether oxygens (including phenoxy) is 1. The van der Waals surface area contributed by atoms with E-state index in [0.717, 1.165) is 35.2 Å². The Kier molecular flexibility index (Phi) is 7.44. The van der Waals surface area contributed by atoms with E-state index in [1.54, 1.807) is 23.1 Å². The standard InChI is InChI=1S/C25H31N3O3S2/c1-25(2,3)16-7-9-17(10-8-16)31-13-12-26-21(29)11-14-32-15-20-27-23(30)22-18-5-4-6-19(18)33-24(22)28-20/h7-10H,4-6,11-15H2,1-3H3,(H,26,29)(H,27,28,30). The first kappa shape index (κ1) is 23.8. The molecule has 8 heteroatoms. The van der Waals surface area contributed by atoms with Gasteiger partial charge in [-0.1, -0.05) is 32.9 Å². The van der Waals surface area contributed by atoms with Crippen molar-refractivity contribution in [1.29, 1.82) is 0 Å². The SMILES string of the molecule is CC(C)(C)c1ccc(OCCNC(=O)CCSCc2nc3sc4c(c3c(=O)[nH]2)CCC4)cc1. The van der Waals surface area contributed by atoms with E-state index < -0.39 is 0 Å². The number of carbonyl (C=O) groups excluding carboxylic acids is 1. The van der Waals surface area contributed by atoms with Crippen molar-refractivity contribution in [2.75, 3.05) is 18.9 Å². The minimum absolute atomic E-state index is 0.000710. The fourth-order valence-corrected chi connectivity index (χ4v) is 6.03. The lowest BCUT2D eigenvalue weighted by Crippen LogP contribution is -2.28. The lowest BCUT2D eigenvalue weighted by atomic mass is 9.87. The van der Waals surface area contributed by atoms with Crippen LogP contribution >= 0.6 is 23.1 Å². The van der Waals surface area contributed by atoms with Gasteiger partial charge in [-0.25, -0.2) is 4.98 Å². The van der Waals surface area contributed by atoms with Gasteiger partial charge in [-0.3, -0.25) is 9.59 Å². The number of fused-ring (bicyclic) bond motifs is 3. The Labute approximate surface area is 202 Å². The molecule has 1 amide bonds. The average Bonchev–Trinajstić information content (AvgIpc) is 3.35. The van der Waals surface area contributed by atoms with Crippen molar-refractivity contribution in [2.24, 2.45) is 0 Å². The summed E-state index contributed by atoms with van der Waals surface area (Å²) < 4.78 is 5.72. The third-order valence-corrected chi connectivity index (χ3v) is 7.91. The number of nitrogens with zero attached hydrogens (tertiary/aromatic N) is 1. The Bertz CT molecular complexity index is 1180. The number of hydrogen-bond donors (Lipinski definition) is 2. The molecule has 0 bridgehead atoms. The Morgan fingerprint density at radius 2 is 2.03 bits per heavy atom. The van der Waals surface area contributed by atoms with Gasteiger partial charge in [0.15, 0.2) is 0 Å². The molecule has 1 aliphatic carbocycles. The molecule has 0 atom stereocenters. The number of thiophene rings is 1. The second kappa shape index (κ2) is 10.3.